The monoisotopic (exact) mass is 277 g/mol. The van der Waals surface area contributed by atoms with Crippen molar-refractivity contribution in [2.45, 2.75) is 32.6 Å². The first-order valence-corrected chi connectivity index (χ1v) is 6.45. The van der Waals surface area contributed by atoms with Crippen LogP contribution in [0.5, 0.6) is 0 Å². The van der Waals surface area contributed by atoms with E-state index in [2.05, 4.69) is 15.3 Å². The van der Waals surface area contributed by atoms with Crippen LogP contribution in [0.4, 0.5) is 5.82 Å². The lowest BCUT2D eigenvalue weighted by Gasteiger charge is -2.18. The van der Waals surface area contributed by atoms with Gasteiger partial charge in [0.25, 0.3) is 0 Å². The van der Waals surface area contributed by atoms with Gasteiger partial charge in [-0.25, -0.2) is 0 Å². The molecule has 20 heavy (non-hydrogen) atoms. The topological polar surface area (TPSA) is 83.6 Å². The zero-order chi connectivity index (χ0) is 14.9. The number of aromatic nitrogens is 4. The third kappa shape index (κ3) is 2.87. The molecule has 108 valence electrons. The number of anilines is 1. The molecule has 0 aliphatic heterocycles. The molecule has 1 N–H and O–H groups in total. The second-order valence-corrected chi connectivity index (χ2v) is 5.80. The maximum atomic E-state index is 10.6. The summed E-state index contributed by atoms with van der Waals surface area (Å²) in [7, 11) is 1.82. The summed E-state index contributed by atoms with van der Waals surface area (Å²) in [4.78, 5) is 12.4. The summed E-state index contributed by atoms with van der Waals surface area (Å²) in [5.41, 5.74) is 0.523. The molecule has 0 aliphatic rings. The third-order valence-corrected chi connectivity index (χ3v) is 2.97. The second kappa shape index (κ2) is 5.07. The zero-order valence-electron chi connectivity index (χ0n) is 12.2. The van der Waals surface area contributed by atoms with Crippen molar-refractivity contribution in [3.05, 3.63) is 18.0 Å². The van der Waals surface area contributed by atoms with Crippen LogP contribution in [0.25, 0.3) is 5.65 Å². The number of fused-ring (bicyclic) bond motifs is 1. The van der Waals surface area contributed by atoms with Crippen molar-refractivity contribution >= 4 is 17.4 Å². The number of nitrogens with zero attached hydrogens (tertiary/aromatic N) is 5. The molecule has 0 atom stereocenters. The van der Waals surface area contributed by atoms with E-state index in [0.717, 1.165) is 5.82 Å². The quantitative estimate of drug-likeness (QED) is 0.907. The SMILES string of the molecule is CN(CCC(=O)O)c1ccc2nnc(C(C)(C)C)n2n1. The Hall–Kier alpha value is -2.18. The molecule has 2 rings (SSSR count). The van der Waals surface area contributed by atoms with Crippen molar-refractivity contribution in [2.24, 2.45) is 0 Å². The van der Waals surface area contributed by atoms with E-state index in [1.165, 1.54) is 0 Å². The third-order valence-electron chi connectivity index (χ3n) is 2.97. The van der Waals surface area contributed by atoms with Gasteiger partial charge in [-0.05, 0) is 12.1 Å². The predicted octanol–water partition coefficient (Wildman–Crippen LogP) is 1.33. The largest absolute Gasteiger partial charge is 0.481 e. The Kier molecular flexibility index (Phi) is 3.61. The number of rotatable bonds is 4. The van der Waals surface area contributed by atoms with Gasteiger partial charge in [0, 0.05) is 19.0 Å². The molecule has 0 spiro atoms. The molecule has 0 saturated heterocycles. The molecule has 2 aromatic rings. The number of aliphatic carboxylic acids is 1. The highest BCUT2D eigenvalue weighted by atomic mass is 16.4. The minimum atomic E-state index is -0.822. The number of carboxylic acid groups (broad SMARTS) is 1. The lowest BCUT2D eigenvalue weighted by molar-refractivity contribution is -0.136. The average Bonchev–Trinajstić information content (AvgIpc) is 2.78. The summed E-state index contributed by atoms with van der Waals surface area (Å²) >= 11 is 0. The van der Waals surface area contributed by atoms with Gasteiger partial charge < -0.3 is 10.0 Å². The van der Waals surface area contributed by atoms with Crippen LogP contribution in [0.15, 0.2) is 12.1 Å². The lowest BCUT2D eigenvalue weighted by Crippen LogP contribution is -2.23. The van der Waals surface area contributed by atoms with E-state index in [-0.39, 0.29) is 11.8 Å². The number of carboxylic acids is 1. The minimum absolute atomic E-state index is 0.0739. The van der Waals surface area contributed by atoms with Crippen molar-refractivity contribution < 1.29 is 9.90 Å². The normalized spacial score (nSPS) is 11.8. The first kappa shape index (κ1) is 14.2. The van der Waals surface area contributed by atoms with E-state index < -0.39 is 5.97 Å². The van der Waals surface area contributed by atoms with Gasteiger partial charge in [0.1, 0.15) is 5.82 Å². The average molecular weight is 277 g/mol. The van der Waals surface area contributed by atoms with Crippen LogP contribution in [0, 0.1) is 0 Å². The van der Waals surface area contributed by atoms with Gasteiger partial charge in [-0.1, -0.05) is 20.8 Å². The molecule has 0 bridgehead atoms. The second-order valence-electron chi connectivity index (χ2n) is 5.80. The first-order valence-electron chi connectivity index (χ1n) is 6.45. The fraction of sp³-hybridized carbons (Fsp3) is 0.538. The molecule has 0 saturated carbocycles. The lowest BCUT2D eigenvalue weighted by atomic mass is 9.96. The van der Waals surface area contributed by atoms with Gasteiger partial charge in [-0.3, -0.25) is 4.79 Å². The van der Waals surface area contributed by atoms with E-state index in [1.54, 1.807) is 9.42 Å². The Morgan fingerprint density at radius 3 is 2.65 bits per heavy atom. The Morgan fingerprint density at radius 2 is 2.05 bits per heavy atom. The number of hydrogen-bond acceptors (Lipinski definition) is 5. The van der Waals surface area contributed by atoms with Gasteiger partial charge in [-0.2, -0.15) is 4.52 Å². The summed E-state index contributed by atoms with van der Waals surface area (Å²) in [5, 5.41) is 21.5. The van der Waals surface area contributed by atoms with Crippen molar-refractivity contribution in [1.29, 1.82) is 0 Å². The van der Waals surface area contributed by atoms with E-state index in [0.29, 0.717) is 18.0 Å². The minimum Gasteiger partial charge on any atom is -0.481 e. The van der Waals surface area contributed by atoms with Crippen LogP contribution >= 0.6 is 0 Å². The number of hydrogen-bond donors (Lipinski definition) is 1. The molecule has 2 aromatic heterocycles. The first-order chi connectivity index (χ1) is 9.29. The standard InChI is InChI=1S/C13H19N5O2/c1-13(2,3)12-15-14-9-5-6-10(16-18(9)12)17(4)8-7-11(19)20/h5-6H,7-8H2,1-4H3,(H,19,20). The van der Waals surface area contributed by atoms with E-state index >= 15 is 0 Å². The summed E-state index contributed by atoms with van der Waals surface area (Å²) in [6.45, 7) is 6.55. The van der Waals surface area contributed by atoms with Gasteiger partial charge in [0.05, 0.1) is 6.42 Å². The van der Waals surface area contributed by atoms with Crippen molar-refractivity contribution in [1.82, 2.24) is 19.8 Å². The van der Waals surface area contributed by atoms with Crippen LogP contribution in [0.2, 0.25) is 0 Å². The molecular weight excluding hydrogens is 258 g/mol. The zero-order valence-corrected chi connectivity index (χ0v) is 12.2. The smallest absolute Gasteiger partial charge is 0.305 e. The summed E-state index contributed by atoms with van der Waals surface area (Å²) < 4.78 is 1.71. The Morgan fingerprint density at radius 1 is 1.35 bits per heavy atom. The predicted molar refractivity (Wildman–Crippen MR) is 75.0 cm³/mol. The van der Waals surface area contributed by atoms with Gasteiger partial charge in [0.15, 0.2) is 11.5 Å². The summed E-state index contributed by atoms with van der Waals surface area (Å²) in [6.07, 6.45) is 0.0739. The van der Waals surface area contributed by atoms with E-state index in [1.807, 2.05) is 40.0 Å². The summed E-state index contributed by atoms with van der Waals surface area (Å²) in [6, 6.07) is 3.65. The fourth-order valence-electron chi connectivity index (χ4n) is 1.83. The summed E-state index contributed by atoms with van der Waals surface area (Å²) in [5.74, 6) is 0.655. The highest BCUT2D eigenvalue weighted by Gasteiger charge is 2.22. The molecule has 0 aliphatic carbocycles. The Bertz CT molecular complexity index is 629. The van der Waals surface area contributed by atoms with Gasteiger partial charge in [-0.15, -0.1) is 15.3 Å². The molecular formula is C13H19N5O2. The van der Waals surface area contributed by atoms with Crippen molar-refractivity contribution in [3.8, 4) is 0 Å². The van der Waals surface area contributed by atoms with E-state index in [9.17, 15) is 4.79 Å². The fourth-order valence-corrected chi connectivity index (χ4v) is 1.83. The molecule has 0 radical (unpaired) electrons. The van der Waals surface area contributed by atoms with Gasteiger partial charge >= 0.3 is 5.97 Å². The van der Waals surface area contributed by atoms with Gasteiger partial charge in [0.2, 0.25) is 0 Å². The molecule has 0 fully saturated rings. The Labute approximate surface area is 117 Å². The van der Waals surface area contributed by atoms with Crippen LogP contribution in [0.1, 0.15) is 33.0 Å². The highest BCUT2D eigenvalue weighted by molar-refractivity contribution is 5.67. The maximum Gasteiger partial charge on any atom is 0.305 e. The molecule has 7 heteroatoms. The van der Waals surface area contributed by atoms with E-state index in [4.69, 9.17) is 5.11 Å². The maximum absolute atomic E-state index is 10.6. The van der Waals surface area contributed by atoms with Crippen LogP contribution in [0.3, 0.4) is 0 Å². The Balaban J connectivity index is 2.34. The molecule has 0 amide bonds. The van der Waals surface area contributed by atoms with Crippen LogP contribution in [-0.2, 0) is 10.2 Å². The van der Waals surface area contributed by atoms with Crippen LogP contribution in [-0.4, -0.2) is 44.5 Å². The molecule has 0 unspecified atom stereocenters. The highest BCUT2D eigenvalue weighted by Crippen LogP contribution is 2.21. The van der Waals surface area contributed by atoms with Crippen LogP contribution < -0.4 is 4.90 Å². The molecule has 7 nitrogen and oxygen atoms in total. The molecule has 0 aromatic carbocycles. The van der Waals surface area contributed by atoms with Crippen molar-refractivity contribution in [2.75, 3.05) is 18.5 Å². The number of carbonyl (C=O) groups is 1. The van der Waals surface area contributed by atoms with Crippen molar-refractivity contribution in [3.63, 3.8) is 0 Å². The molecule has 2 heterocycles.